The molecule has 1 aliphatic heterocycles. The van der Waals surface area contributed by atoms with Crippen LogP contribution >= 0.6 is 22.9 Å². The Bertz CT molecular complexity index is 458. The average molecular weight is 281 g/mol. The van der Waals surface area contributed by atoms with Crippen molar-refractivity contribution in [2.75, 3.05) is 18.1 Å². The lowest BCUT2D eigenvalue weighted by atomic mass is 10.1. The van der Waals surface area contributed by atoms with Crippen molar-refractivity contribution in [1.29, 1.82) is 0 Å². The van der Waals surface area contributed by atoms with Gasteiger partial charge < -0.3 is 5.32 Å². The van der Waals surface area contributed by atoms with Crippen molar-refractivity contribution in [3.8, 4) is 0 Å². The van der Waals surface area contributed by atoms with Crippen LogP contribution in [-0.4, -0.2) is 31.5 Å². The van der Waals surface area contributed by atoms with Gasteiger partial charge in [0.25, 0.3) is 0 Å². The molecule has 1 aromatic heterocycles. The molecule has 1 atom stereocenters. The molecule has 1 unspecified atom stereocenters. The normalized spacial score (nSPS) is 23.7. The molecular formula is C9H13ClN2O2S2. The number of nitrogens with one attached hydrogen (secondary N) is 1. The van der Waals surface area contributed by atoms with Crippen molar-refractivity contribution < 1.29 is 8.42 Å². The number of rotatable bonds is 4. The highest BCUT2D eigenvalue weighted by atomic mass is 35.5. The van der Waals surface area contributed by atoms with Gasteiger partial charge in [0.15, 0.2) is 9.84 Å². The van der Waals surface area contributed by atoms with Gasteiger partial charge in [-0.25, -0.2) is 13.4 Å². The van der Waals surface area contributed by atoms with Crippen LogP contribution < -0.4 is 5.32 Å². The monoisotopic (exact) mass is 280 g/mol. The molecule has 1 aromatic rings. The van der Waals surface area contributed by atoms with Crippen molar-refractivity contribution in [3.05, 3.63) is 15.5 Å². The maximum absolute atomic E-state index is 11.2. The third-order valence-electron chi connectivity index (χ3n) is 2.56. The van der Waals surface area contributed by atoms with Crippen LogP contribution in [0.1, 0.15) is 11.4 Å². The number of hydrogen-bond donors (Lipinski definition) is 1. The van der Waals surface area contributed by atoms with Crippen LogP contribution in [-0.2, 0) is 16.4 Å². The minimum Gasteiger partial charge on any atom is -0.310 e. The van der Waals surface area contributed by atoms with Gasteiger partial charge in [-0.15, -0.1) is 11.3 Å². The van der Waals surface area contributed by atoms with E-state index in [1.807, 2.05) is 0 Å². The highest BCUT2D eigenvalue weighted by Gasteiger charge is 2.27. The van der Waals surface area contributed by atoms with Crippen molar-refractivity contribution in [1.82, 2.24) is 10.3 Å². The van der Waals surface area contributed by atoms with Gasteiger partial charge in [0.05, 0.1) is 17.7 Å². The fraction of sp³-hybridized carbons (Fsp3) is 0.667. The van der Waals surface area contributed by atoms with Crippen molar-refractivity contribution in [2.45, 2.75) is 13.0 Å². The van der Waals surface area contributed by atoms with Crippen LogP contribution in [0.5, 0.6) is 0 Å². The Labute approximate surface area is 104 Å². The summed E-state index contributed by atoms with van der Waals surface area (Å²) in [7, 11) is -2.76. The van der Waals surface area contributed by atoms with E-state index in [0.717, 1.165) is 18.0 Å². The van der Waals surface area contributed by atoms with E-state index in [1.165, 1.54) is 11.3 Å². The minimum atomic E-state index is -2.76. The molecule has 0 amide bonds. The molecule has 1 N–H and O–H groups in total. The third kappa shape index (κ3) is 3.41. The summed E-state index contributed by atoms with van der Waals surface area (Å²) < 4.78 is 23.1. The van der Waals surface area contributed by atoms with Crippen LogP contribution in [0.15, 0.2) is 6.20 Å². The molecule has 90 valence electrons. The summed E-state index contributed by atoms with van der Waals surface area (Å²) in [6.07, 6.45) is 2.40. The van der Waals surface area contributed by atoms with Gasteiger partial charge in [-0.3, -0.25) is 0 Å². The smallest absolute Gasteiger partial charge is 0.150 e. The van der Waals surface area contributed by atoms with Gasteiger partial charge in [-0.05, 0) is 18.9 Å². The predicted molar refractivity (Wildman–Crippen MR) is 65.6 cm³/mol. The molecule has 0 aliphatic carbocycles. The SMILES string of the molecule is O=S1(=O)CCC(CNCc2ncc(Cl)s2)C1. The van der Waals surface area contributed by atoms with Crippen LogP contribution in [0.2, 0.25) is 4.34 Å². The Kier molecular flexibility index (Phi) is 3.84. The second kappa shape index (κ2) is 5.00. The average Bonchev–Trinajstić information content (AvgIpc) is 2.73. The number of sulfone groups is 1. The fourth-order valence-corrected chi connectivity index (χ4v) is 4.57. The molecule has 2 rings (SSSR count). The Balaban J connectivity index is 1.73. The van der Waals surface area contributed by atoms with E-state index in [4.69, 9.17) is 11.6 Å². The lowest BCUT2D eigenvalue weighted by Gasteiger charge is -2.07. The fourth-order valence-electron chi connectivity index (χ4n) is 1.79. The van der Waals surface area contributed by atoms with Gasteiger partial charge in [-0.1, -0.05) is 11.6 Å². The van der Waals surface area contributed by atoms with Crippen molar-refractivity contribution in [3.63, 3.8) is 0 Å². The number of hydrogen-bond acceptors (Lipinski definition) is 5. The number of halogens is 1. The maximum atomic E-state index is 11.2. The Morgan fingerprint density at radius 1 is 1.62 bits per heavy atom. The topological polar surface area (TPSA) is 59.1 Å². The Hall–Kier alpha value is -0.170. The van der Waals surface area contributed by atoms with Crippen LogP contribution in [0.25, 0.3) is 0 Å². The Morgan fingerprint density at radius 3 is 3.00 bits per heavy atom. The summed E-state index contributed by atoms with van der Waals surface area (Å²) in [6, 6.07) is 0. The first-order valence-corrected chi connectivity index (χ1v) is 8.08. The second-order valence-electron chi connectivity index (χ2n) is 3.96. The molecule has 4 nitrogen and oxygen atoms in total. The van der Waals surface area contributed by atoms with Crippen LogP contribution in [0, 0.1) is 5.92 Å². The van der Waals surface area contributed by atoms with Crippen molar-refractivity contribution >= 4 is 32.8 Å². The van der Waals surface area contributed by atoms with Gasteiger partial charge in [0.2, 0.25) is 0 Å². The molecule has 1 saturated heterocycles. The van der Waals surface area contributed by atoms with Crippen molar-refractivity contribution in [2.24, 2.45) is 5.92 Å². The largest absolute Gasteiger partial charge is 0.310 e. The van der Waals surface area contributed by atoms with E-state index in [0.29, 0.717) is 22.4 Å². The number of nitrogens with zero attached hydrogens (tertiary/aromatic N) is 1. The van der Waals surface area contributed by atoms with Gasteiger partial charge in [-0.2, -0.15) is 0 Å². The summed E-state index contributed by atoms with van der Waals surface area (Å²) in [5, 5.41) is 4.16. The molecule has 16 heavy (non-hydrogen) atoms. The van der Waals surface area contributed by atoms with Gasteiger partial charge in [0.1, 0.15) is 9.34 Å². The van der Waals surface area contributed by atoms with Crippen LogP contribution in [0.3, 0.4) is 0 Å². The molecule has 1 fully saturated rings. The lowest BCUT2D eigenvalue weighted by molar-refractivity contribution is 0.520. The molecular weight excluding hydrogens is 268 g/mol. The molecule has 0 spiro atoms. The molecule has 2 heterocycles. The molecule has 0 radical (unpaired) electrons. The highest BCUT2D eigenvalue weighted by Crippen LogP contribution is 2.19. The zero-order valence-electron chi connectivity index (χ0n) is 8.65. The molecule has 0 saturated carbocycles. The van der Waals surface area contributed by atoms with Gasteiger partial charge in [0, 0.05) is 6.54 Å². The summed E-state index contributed by atoms with van der Waals surface area (Å²) in [5.74, 6) is 0.904. The maximum Gasteiger partial charge on any atom is 0.150 e. The zero-order valence-corrected chi connectivity index (χ0v) is 11.0. The predicted octanol–water partition coefficient (Wildman–Crippen LogP) is 1.32. The quantitative estimate of drug-likeness (QED) is 0.904. The zero-order chi connectivity index (χ0) is 11.6. The standard InChI is InChI=1S/C9H13ClN2O2S2/c10-8-4-12-9(15-8)5-11-3-7-1-2-16(13,14)6-7/h4,7,11H,1-3,5-6H2. The lowest BCUT2D eigenvalue weighted by Crippen LogP contribution is -2.23. The first-order chi connectivity index (χ1) is 7.55. The first-order valence-electron chi connectivity index (χ1n) is 5.06. The van der Waals surface area contributed by atoms with Gasteiger partial charge >= 0.3 is 0 Å². The number of thiazole rings is 1. The minimum absolute atomic E-state index is 0.250. The van der Waals surface area contributed by atoms with Crippen LogP contribution in [0.4, 0.5) is 0 Å². The molecule has 0 bridgehead atoms. The van der Waals surface area contributed by atoms with E-state index >= 15 is 0 Å². The highest BCUT2D eigenvalue weighted by molar-refractivity contribution is 7.91. The van der Waals surface area contributed by atoms with E-state index in [2.05, 4.69) is 10.3 Å². The molecule has 1 aliphatic rings. The Morgan fingerprint density at radius 2 is 2.44 bits per heavy atom. The summed E-state index contributed by atoms with van der Waals surface area (Å²) >= 11 is 7.20. The molecule has 7 heteroatoms. The van der Waals surface area contributed by atoms with E-state index in [1.54, 1.807) is 6.20 Å². The first kappa shape index (κ1) is 12.3. The van der Waals surface area contributed by atoms with E-state index in [9.17, 15) is 8.42 Å². The number of aromatic nitrogens is 1. The summed E-state index contributed by atoms with van der Waals surface area (Å²) in [4.78, 5) is 4.11. The molecule has 0 aromatic carbocycles. The summed E-state index contributed by atoms with van der Waals surface area (Å²) in [5.41, 5.74) is 0. The second-order valence-corrected chi connectivity index (χ2v) is 7.93. The van der Waals surface area contributed by atoms with E-state index < -0.39 is 9.84 Å². The third-order valence-corrected chi connectivity index (χ3v) is 5.51. The summed E-state index contributed by atoms with van der Waals surface area (Å²) in [6.45, 7) is 1.39. The van der Waals surface area contributed by atoms with E-state index in [-0.39, 0.29) is 5.92 Å².